The van der Waals surface area contributed by atoms with Crippen molar-refractivity contribution in [1.82, 2.24) is 20.1 Å². The molecule has 4 aromatic rings. The monoisotopic (exact) mass is 414 g/mol. The van der Waals surface area contributed by atoms with Crippen molar-refractivity contribution in [3.8, 4) is 0 Å². The minimum Gasteiger partial charge on any atom is -0.441 e. The second-order valence-corrected chi connectivity index (χ2v) is 8.27. The second-order valence-electron chi connectivity index (χ2n) is 8.27. The van der Waals surface area contributed by atoms with Gasteiger partial charge in [0.15, 0.2) is 11.5 Å². The molecule has 0 saturated heterocycles. The van der Waals surface area contributed by atoms with Crippen LogP contribution in [-0.2, 0) is 32.2 Å². The van der Waals surface area contributed by atoms with Gasteiger partial charge in [-0.25, -0.2) is 4.98 Å². The fourth-order valence-electron chi connectivity index (χ4n) is 4.31. The molecule has 6 nitrogen and oxygen atoms in total. The number of nitrogens with zero attached hydrogens (tertiary/aromatic N) is 3. The lowest BCUT2D eigenvalue weighted by Crippen LogP contribution is -2.27. The molecule has 158 valence electrons. The van der Waals surface area contributed by atoms with Gasteiger partial charge in [-0.05, 0) is 61.4 Å². The van der Waals surface area contributed by atoms with Crippen molar-refractivity contribution < 1.29 is 9.21 Å². The van der Waals surface area contributed by atoms with Crippen molar-refractivity contribution >= 4 is 17.0 Å². The van der Waals surface area contributed by atoms with Crippen LogP contribution in [0.5, 0.6) is 0 Å². The number of hydrogen-bond donors (Lipinski definition) is 1. The van der Waals surface area contributed by atoms with Gasteiger partial charge < -0.3 is 9.32 Å². The van der Waals surface area contributed by atoms with Gasteiger partial charge >= 0.3 is 0 Å². The number of oxazole rings is 1. The third-order valence-corrected chi connectivity index (χ3v) is 6.02. The summed E-state index contributed by atoms with van der Waals surface area (Å²) in [6, 6.07) is 15.8. The van der Waals surface area contributed by atoms with Crippen LogP contribution in [0, 0.1) is 0 Å². The number of nitrogens with one attached hydrogen (secondary N) is 1. The zero-order valence-electron chi connectivity index (χ0n) is 17.7. The lowest BCUT2D eigenvalue weighted by molar-refractivity contribution is 0.0783. The molecule has 1 aliphatic rings. The van der Waals surface area contributed by atoms with Crippen LogP contribution in [0.3, 0.4) is 0 Å². The van der Waals surface area contributed by atoms with Gasteiger partial charge in [0, 0.05) is 24.7 Å². The summed E-state index contributed by atoms with van der Waals surface area (Å²) < 4.78 is 5.88. The van der Waals surface area contributed by atoms with Crippen LogP contribution in [0.4, 0.5) is 0 Å². The largest absolute Gasteiger partial charge is 0.441 e. The molecule has 1 amide bonds. The summed E-state index contributed by atoms with van der Waals surface area (Å²) in [6.07, 6.45) is 6.08. The highest BCUT2D eigenvalue weighted by molar-refractivity contribution is 5.97. The van der Waals surface area contributed by atoms with E-state index in [4.69, 9.17) is 4.42 Å². The van der Waals surface area contributed by atoms with Crippen LogP contribution in [0.1, 0.15) is 51.6 Å². The standard InChI is InChI=1S/C25H26N4O2/c1-29(16-22-19-9-5-6-10-20(19)27-28-22)25(30)18-12-13-23-21(15-18)26-24(31-23)14-11-17-7-3-2-4-8-17/h2-4,7-8,12-13,15H,5-6,9-11,14,16H2,1H3,(H,27,28). The number of rotatable bonds is 6. The Morgan fingerprint density at radius 2 is 1.94 bits per heavy atom. The highest BCUT2D eigenvalue weighted by atomic mass is 16.3. The summed E-state index contributed by atoms with van der Waals surface area (Å²) in [5, 5.41) is 7.62. The van der Waals surface area contributed by atoms with E-state index in [-0.39, 0.29) is 5.91 Å². The average Bonchev–Trinajstić information content (AvgIpc) is 3.41. The van der Waals surface area contributed by atoms with E-state index < -0.39 is 0 Å². The highest BCUT2D eigenvalue weighted by Crippen LogP contribution is 2.24. The molecule has 0 atom stereocenters. The topological polar surface area (TPSA) is 75.0 Å². The third-order valence-electron chi connectivity index (χ3n) is 6.02. The number of aromatic amines is 1. The van der Waals surface area contributed by atoms with E-state index >= 15 is 0 Å². The first-order valence-corrected chi connectivity index (χ1v) is 10.9. The van der Waals surface area contributed by atoms with Crippen LogP contribution >= 0.6 is 0 Å². The molecule has 31 heavy (non-hydrogen) atoms. The lowest BCUT2D eigenvalue weighted by Gasteiger charge is -2.18. The van der Waals surface area contributed by atoms with Crippen molar-refractivity contribution in [2.75, 3.05) is 7.05 Å². The number of aromatic nitrogens is 3. The Morgan fingerprint density at radius 1 is 1.10 bits per heavy atom. The fourth-order valence-corrected chi connectivity index (χ4v) is 4.31. The molecule has 2 aromatic carbocycles. The van der Waals surface area contributed by atoms with Crippen molar-refractivity contribution in [1.29, 1.82) is 0 Å². The van der Waals surface area contributed by atoms with Crippen LogP contribution < -0.4 is 0 Å². The Kier molecular flexibility index (Phi) is 5.28. The zero-order chi connectivity index (χ0) is 21.2. The van der Waals surface area contributed by atoms with Gasteiger partial charge in [0.2, 0.25) is 0 Å². The van der Waals surface area contributed by atoms with E-state index in [9.17, 15) is 4.79 Å². The van der Waals surface area contributed by atoms with Gasteiger partial charge in [0.05, 0.1) is 12.2 Å². The van der Waals surface area contributed by atoms with E-state index in [0.717, 1.165) is 36.9 Å². The number of carbonyl (C=O) groups is 1. The molecule has 1 aliphatic carbocycles. The van der Waals surface area contributed by atoms with Crippen LogP contribution in [0.2, 0.25) is 0 Å². The van der Waals surface area contributed by atoms with Gasteiger partial charge in [-0.1, -0.05) is 30.3 Å². The Labute approximate surface area is 181 Å². The maximum atomic E-state index is 13.0. The molecule has 0 spiro atoms. The van der Waals surface area contributed by atoms with Gasteiger partial charge in [0.25, 0.3) is 5.91 Å². The maximum Gasteiger partial charge on any atom is 0.254 e. The van der Waals surface area contributed by atoms with Gasteiger partial charge in [-0.3, -0.25) is 9.89 Å². The fraction of sp³-hybridized carbons (Fsp3) is 0.320. The third kappa shape index (κ3) is 4.10. The van der Waals surface area contributed by atoms with E-state index in [2.05, 4.69) is 27.3 Å². The van der Waals surface area contributed by atoms with Crippen LogP contribution in [0.25, 0.3) is 11.1 Å². The molecule has 0 unspecified atom stereocenters. The van der Waals surface area contributed by atoms with Crippen molar-refractivity contribution in [3.05, 3.63) is 82.5 Å². The molecular weight excluding hydrogens is 388 g/mol. The summed E-state index contributed by atoms with van der Waals surface area (Å²) in [4.78, 5) is 19.4. The maximum absolute atomic E-state index is 13.0. The van der Waals surface area contributed by atoms with Gasteiger partial charge in [0.1, 0.15) is 5.52 Å². The molecule has 1 N–H and O–H groups in total. The lowest BCUT2D eigenvalue weighted by atomic mass is 9.96. The molecule has 2 aromatic heterocycles. The molecule has 2 heterocycles. The van der Waals surface area contributed by atoms with Gasteiger partial charge in [-0.15, -0.1) is 0 Å². The first-order valence-electron chi connectivity index (χ1n) is 10.9. The molecule has 6 heteroatoms. The molecule has 0 fully saturated rings. The number of amides is 1. The van der Waals surface area contributed by atoms with E-state index in [1.54, 1.807) is 4.90 Å². The van der Waals surface area contributed by atoms with Crippen LogP contribution in [0.15, 0.2) is 52.9 Å². The number of hydrogen-bond acceptors (Lipinski definition) is 4. The van der Waals surface area contributed by atoms with E-state index in [1.807, 2.05) is 43.4 Å². The molecule has 0 radical (unpaired) electrons. The van der Waals surface area contributed by atoms with Crippen molar-refractivity contribution in [2.45, 2.75) is 45.1 Å². The predicted octanol–water partition coefficient (Wildman–Crippen LogP) is 4.49. The first kappa shape index (κ1) is 19.5. The summed E-state index contributed by atoms with van der Waals surface area (Å²) >= 11 is 0. The number of H-pyrrole nitrogens is 1. The summed E-state index contributed by atoms with van der Waals surface area (Å²) in [5.41, 5.74) is 6.81. The Balaban J connectivity index is 1.29. The number of aryl methyl sites for hydroxylation is 3. The first-order chi connectivity index (χ1) is 15.2. The number of benzene rings is 2. The minimum absolute atomic E-state index is 0.0386. The summed E-state index contributed by atoms with van der Waals surface area (Å²) in [5.74, 6) is 0.656. The van der Waals surface area contributed by atoms with Crippen LogP contribution in [-0.4, -0.2) is 33.0 Å². The van der Waals surface area contributed by atoms with E-state index in [1.165, 1.54) is 29.7 Å². The number of carbonyl (C=O) groups excluding carboxylic acids is 1. The van der Waals surface area contributed by atoms with Gasteiger partial charge in [-0.2, -0.15) is 5.10 Å². The smallest absolute Gasteiger partial charge is 0.254 e. The predicted molar refractivity (Wildman–Crippen MR) is 119 cm³/mol. The Hall–Kier alpha value is -3.41. The number of fused-ring (bicyclic) bond motifs is 2. The average molecular weight is 415 g/mol. The van der Waals surface area contributed by atoms with Crippen molar-refractivity contribution in [3.63, 3.8) is 0 Å². The Morgan fingerprint density at radius 3 is 2.81 bits per heavy atom. The van der Waals surface area contributed by atoms with E-state index in [0.29, 0.717) is 23.6 Å². The molecular formula is C25H26N4O2. The normalized spacial score (nSPS) is 13.3. The SMILES string of the molecule is CN(Cc1n[nH]c2c1CCCC2)C(=O)c1ccc2oc(CCc3ccccc3)nc2c1. The molecule has 0 aliphatic heterocycles. The highest BCUT2D eigenvalue weighted by Gasteiger charge is 2.20. The second kappa shape index (κ2) is 8.38. The quantitative estimate of drug-likeness (QED) is 0.505. The summed E-state index contributed by atoms with van der Waals surface area (Å²) in [6.45, 7) is 0.504. The molecule has 0 saturated carbocycles. The zero-order valence-corrected chi connectivity index (χ0v) is 17.7. The summed E-state index contributed by atoms with van der Waals surface area (Å²) in [7, 11) is 1.82. The Bertz CT molecular complexity index is 1210. The minimum atomic E-state index is -0.0386. The van der Waals surface area contributed by atoms with Crippen molar-refractivity contribution in [2.24, 2.45) is 0 Å². The molecule has 0 bridgehead atoms. The molecule has 5 rings (SSSR count).